The lowest BCUT2D eigenvalue weighted by molar-refractivity contribution is 0.109. The van der Waals surface area contributed by atoms with Gasteiger partial charge in [0.1, 0.15) is 0 Å². The number of fused-ring (bicyclic) bond motifs is 1. The molecule has 1 fully saturated rings. The summed E-state index contributed by atoms with van der Waals surface area (Å²) in [6, 6.07) is 13.2. The molecule has 1 nitrogen and oxygen atoms in total. The summed E-state index contributed by atoms with van der Waals surface area (Å²) in [5.41, 5.74) is 1.43. The van der Waals surface area contributed by atoms with Gasteiger partial charge in [-0.1, -0.05) is 40.2 Å². The van der Waals surface area contributed by atoms with Crippen molar-refractivity contribution in [2.45, 2.75) is 38.2 Å². The Morgan fingerprint density at radius 2 is 1.63 bits per heavy atom. The molecule has 1 N–H and O–H groups in total. The highest BCUT2D eigenvalue weighted by molar-refractivity contribution is 9.10. The molecule has 0 aromatic heterocycles. The summed E-state index contributed by atoms with van der Waals surface area (Å²) in [7, 11) is 0. The zero-order valence-electron chi connectivity index (χ0n) is 11.0. The van der Waals surface area contributed by atoms with Crippen LogP contribution in [0.5, 0.6) is 0 Å². The Morgan fingerprint density at radius 3 is 2.42 bits per heavy atom. The van der Waals surface area contributed by atoms with Crippen molar-refractivity contribution < 1.29 is 5.11 Å². The van der Waals surface area contributed by atoms with Crippen LogP contribution in [0, 0.1) is 5.92 Å². The predicted octanol–water partition coefficient (Wildman–Crippen LogP) is 4.70. The lowest BCUT2D eigenvalue weighted by Crippen LogP contribution is -2.19. The molecule has 2 aromatic rings. The van der Waals surface area contributed by atoms with Gasteiger partial charge in [0.05, 0.1) is 6.10 Å². The molecule has 1 saturated carbocycles. The van der Waals surface area contributed by atoms with E-state index in [0.717, 1.165) is 29.7 Å². The van der Waals surface area contributed by atoms with Crippen molar-refractivity contribution in [3.05, 3.63) is 46.4 Å². The molecule has 100 valence electrons. The van der Waals surface area contributed by atoms with Gasteiger partial charge in [0.25, 0.3) is 0 Å². The van der Waals surface area contributed by atoms with Crippen molar-refractivity contribution in [2.75, 3.05) is 0 Å². The van der Waals surface area contributed by atoms with Crippen LogP contribution in [0.1, 0.15) is 31.2 Å². The maximum atomic E-state index is 9.56. The topological polar surface area (TPSA) is 20.2 Å². The first-order valence-electron chi connectivity index (χ1n) is 7.07. The van der Waals surface area contributed by atoms with Gasteiger partial charge in [0, 0.05) is 4.47 Å². The molecule has 0 heterocycles. The average Bonchev–Trinajstić information content (AvgIpc) is 2.42. The molecule has 0 spiro atoms. The first-order valence-corrected chi connectivity index (χ1v) is 7.86. The maximum Gasteiger partial charge on any atom is 0.0540 e. The molecule has 1 aliphatic carbocycles. The molecule has 0 atom stereocenters. The van der Waals surface area contributed by atoms with Gasteiger partial charge in [-0.05, 0) is 66.5 Å². The summed E-state index contributed by atoms with van der Waals surface area (Å²) < 4.78 is 1.13. The van der Waals surface area contributed by atoms with E-state index in [1.807, 2.05) is 0 Å². The molecular weight excluding hydrogens is 300 g/mol. The summed E-state index contributed by atoms with van der Waals surface area (Å²) in [6.45, 7) is 0. The zero-order chi connectivity index (χ0) is 13.2. The largest absolute Gasteiger partial charge is 0.393 e. The average molecular weight is 319 g/mol. The number of aliphatic hydroxyl groups excluding tert-OH is 1. The van der Waals surface area contributed by atoms with Crippen LogP contribution in [0.4, 0.5) is 0 Å². The number of benzene rings is 2. The third kappa shape index (κ3) is 3.18. The fraction of sp³-hybridized carbons (Fsp3) is 0.412. The fourth-order valence-corrected chi connectivity index (χ4v) is 3.45. The molecule has 0 amide bonds. The Kier molecular flexibility index (Phi) is 3.90. The van der Waals surface area contributed by atoms with E-state index in [-0.39, 0.29) is 6.10 Å². The summed E-state index contributed by atoms with van der Waals surface area (Å²) >= 11 is 3.51. The van der Waals surface area contributed by atoms with E-state index in [4.69, 9.17) is 0 Å². The van der Waals surface area contributed by atoms with Gasteiger partial charge in [-0.25, -0.2) is 0 Å². The van der Waals surface area contributed by atoms with Crippen LogP contribution < -0.4 is 0 Å². The van der Waals surface area contributed by atoms with Crippen LogP contribution in [0.15, 0.2) is 40.9 Å². The Labute approximate surface area is 122 Å². The highest BCUT2D eigenvalue weighted by atomic mass is 79.9. The lowest BCUT2D eigenvalue weighted by Gasteiger charge is -2.25. The van der Waals surface area contributed by atoms with Crippen molar-refractivity contribution >= 4 is 26.7 Å². The normalized spacial score (nSPS) is 23.7. The summed E-state index contributed by atoms with van der Waals surface area (Å²) in [5, 5.41) is 12.2. The second-order valence-corrected chi connectivity index (χ2v) is 6.62. The van der Waals surface area contributed by atoms with E-state index in [9.17, 15) is 5.11 Å². The van der Waals surface area contributed by atoms with Gasteiger partial charge < -0.3 is 5.11 Å². The van der Waals surface area contributed by atoms with Crippen molar-refractivity contribution in [3.63, 3.8) is 0 Å². The molecule has 0 aliphatic heterocycles. The summed E-state index contributed by atoms with van der Waals surface area (Å²) in [4.78, 5) is 0. The number of rotatable bonds is 2. The summed E-state index contributed by atoms with van der Waals surface area (Å²) in [5.74, 6) is 0.747. The second kappa shape index (κ2) is 5.64. The molecule has 0 bridgehead atoms. The Bertz CT molecular complexity index is 570. The third-order valence-corrected chi connectivity index (χ3v) is 4.70. The molecular formula is C17H19BrO. The van der Waals surface area contributed by atoms with Crippen LogP contribution in [0.2, 0.25) is 0 Å². The van der Waals surface area contributed by atoms with Crippen LogP contribution >= 0.6 is 15.9 Å². The standard InChI is InChI=1S/C17H19BrO/c18-16-6-5-14-10-13(1-4-15(14)11-16)9-12-2-7-17(19)8-3-12/h1,4-6,10-12,17,19H,2-3,7-9H2. The van der Waals surface area contributed by atoms with Crippen LogP contribution in [-0.4, -0.2) is 11.2 Å². The first-order chi connectivity index (χ1) is 9.20. The van der Waals surface area contributed by atoms with Crippen molar-refractivity contribution in [3.8, 4) is 0 Å². The Hall–Kier alpha value is -0.860. The quantitative estimate of drug-likeness (QED) is 0.851. The van der Waals surface area contributed by atoms with Gasteiger partial charge in [0.15, 0.2) is 0 Å². The molecule has 19 heavy (non-hydrogen) atoms. The van der Waals surface area contributed by atoms with Crippen molar-refractivity contribution in [1.29, 1.82) is 0 Å². The predicted molar refractivity (Wildman–Crippen MR) is 83.3 cm³/mol. The molecule has 2 aromatic carbocycles. The van der Waals surface area contributed by atoms with Gasteiger partial charge >= 0.3 is 0 Å². The van der Waals surface area contributed by atoms with Crippen molar-refractivity contribution in [2.24, 2.45) is 5.92 Å². The monoisotopic (exact) mass is 318 g/mol. The minimum atomic E-state index is -0.0507. The minimum Gasteiger partial charge on any atom is -0.393 e. The van der Waals surface area contributed by atoms with Crippen molar-refractivity contribution in [1.82, 2.24) is 0 Å². The third-order valence-electron chi connectivity index (χ3n) is 4.21. The Balaban J connectivity index is 1.76. The highest BCUT2D eigenvalue weighted by Gasteiger charge is 2.19. The molecule has 0 saturated heterocycles. The molecule has 0 radical (unpaired) electrons. The second-order valence-electron chi connectivity index (χ2n) is 5.70. The van der Waals surface area contributed by atoms with E-state index in [0.29, 0.717) is 0 Å². The molecule has 0 unspecified atom stereocenters. The van der Waals surface area contributed by atoms with E-state index < -0.39 is 0 Å². The molecule has 2 heteroatoms. The first kappa shape index (κ1) is 13.1. The zero-order valence-corrected chi connectivity index (χ0v) is 12.6. The van der Waals surface area contributed by atoms with E-state index in [1.165, 1.54) is 29.2 Å². The Morgan fingerprint density at radius 1 is 0.947 bits per heavy atom. The molecule has 1 aliphatic rings. The van der Waals surface area contributed by atoms with Gasteiger partial charge in [0.2, 0.25) is 0 Å². The lowest BCUT2D eigenvalue weighted by atomic mass is 9.83. The summed E-state index contributed by atoms with van der Waals surface area (Å²) in [6.07, 6.45) is 5.39. The van der Waals surface area contributed by atoms with Gasteiger partial charge in [-0.15, -0.1) is 0 Å². The van der Waals surface area contributed by atoms with E-state index in [2.05, 4.69) is 52.3 Å². The highest BCUT2D eigenvalue weighted by Crippen LogP contribution is 2.28. The van der Waals surface area contributed by atoms with Crippen LogP contribution in [-0.2, 0) is 6.42 Å². The number of halogens is 1. The smallest absolute Gasteiger partial charge is 0.0540 e. The number of aliphatic hydroxyl groups is 1. The SMILES string of the molecule is OC1CCC(Cc2ccc3cc(Br)ccc3c2)CC1. The fourth-order valence-electron chi connectivity index (χ4n) is 3.08. The number of hydrogen-bond donors (Lipinski definition) is 1. The maximum absolute atomic E-state index is 9.56. The van der Waals surface area contributed by atoms with E-state index >= 15 is 0 Å². The van der Waals surface area contributed by atoms with Crippen LogP contribution in [0.3, 0.4) is 0 Å². The van der Waals surface area contributed by atoms with Gasteiger partial charge in [-0.2, -0.15) is 0 Å². The van der Waals surface area contributed by atoms with Crippen LogP contribution in [0.25, 0.3) is 10.8 Å². The van der Waals surface area contributed by atoms with Gasteiger partial charge in [-0.3, -0.25) is 0 Å². The van der Waals surface area contributed by atoms with E-state index in [1.54, 1.807) is 0 Å². The minimum absolute atomic E-state index is 0.0507. The molecule has 3 rings (SSSR count). The number of hydrogen-bond acceptors (Lipinski definition) is 1.